The number of aryl methyl sites for hydroxylation is 1. The Hall–Kier alpha value is -2.38. The van der Waals surface area contributed by atoms with E-state index in [9.17, 15) is 23.1 Å². The average Bonchev–Trinajstić information content (AvgIpc) is 3.15. The average molecular weight is 594 g/mol. The lowest BCUT2D eigenvalue weighted by atomic mass is 10.1. The fourth-order valence-corrected chi connectivity index (χ4v) is 4.08. The fraction of sp³-hybridized carbons (Fsp3) is 0.286. The number of aliphatic hydroxyl groups excluding tert-OH is 1. The van der Waals surface area contributed by atoms with E-state index in [1.165, 1.54) is 18.3 Å². The van der Waals surface area contributed by atoms with Gasteiger partial charge in [-0.25, -0.2) is 9.67 Å². The van der Waals surface area contributed by atoms with Crippen molar-refractivity contribution in [3.8, 4) is 5.82 Å². The van der Waals surface area contributed by atoms with Crippen LogP contribution < -0.4 is 10.6 Å². The first-order chi connectivity index (χ1) is 15.4. The fourth-order valence-electron chi connectivity index (χ4n) is 3.10. The smallest absolute Gasteiger partial charge is 0.368 e. The summed E-state index contributed by atoms with van der Waals surface area (Å²) in [5.74, 6) is -0.471. The molecule has 7 nitrogen and oxygen atoms in total. The van der Waals surface area contributed by atoms with Gasteiger partial charge in [-0.05, 0) is 79.3 Å². The van der Waals surface area contributed by atoms with Crippen molar-refractivity contribution in [3.05, 3.63) is 67.6 Å². The van der Waals surface area contributed by atoms with E-state index in [2.05, 4.69) is 43.3 Å². The van der Waals surface area contributed by atoms with Crippen LogP contribution in [0.5, 0.6) is 0 Å². The Balaban J connectivity index is 2.09. The Labute approximate surface area is 206 Å². The van der Waals surface area contributed by atoms with Gasteiger partial charge in [0.15, 0.2) is 17.7 Å². The van der Waals surface area contributed by atoms with E-state index in [1.807, 2.05) is 0 Å². The molecule has 0 bridgehead atoms. The molecule has 0 aliphatic carbocycles. The summed E-state index contributed by atoms with van der Waals surface area (Å²) in [4.78, 5) is 16.7. The van der Waals surface area contributed by atoms with E-state index >= 15 is 0 Å². The van der Waals surface area contributed by atoms with Gasteiger partial charge in [0.05, 0.1) is 22.0 Å². The van der Waals surface area contributed by atoms with Crippen molar-refractivity contribution in [2.75, 3.05) is 5.32 Å². The van der Waals surface area contributed by atoms with E-state index in [0.717, 1.165) is 8.25 Å². The van der Waals surface area contributed by atoms with Crippen molar-refractivity contribution in [1.82, 2.24) is 20.1 Å². The number of carbonyl (C=O) groups excluding carboxylic acids is 1. The molecule has 0 aliphatic rings. The molecule has 3 aromatic rings. The van der Waals surface area contributed by atoms with E-state index < -0.39 is 24.0 Å². The number of benzene rings is 1. The second-order valence-electron chi connectivity index (χ2n) is 7.49. The minimum Gasteiger partial charge on any atom is -0.368 e. The number of aromatic nitrogens is 3. The van der Waals surface area contributed by atoms with Crippen molar-refractivity contribution < 1.29 is 23.1 Å². The van der Waals surface area contributed by atoms with Gasteiger partial charge < -0.3 is 15.7 Å². The van der Waals surface area contributed by atoms with Crippen LogP contribution in [0, 0.1) is 10.5 Å². The van der Waals surface area contributed by atoms with Gasteiger partial charge in [-0.2, -0.15) is 18.3 Å². The summed E-state index contributed by atoms with van der Waals surface area (Å²) < 4.78 is 41.8. The summed E-state index contributed by atoms with van der Waals surface area (Å²) in [7, 11) is 0. The molecule has 1 aromatic carbocycles. The summed E-state index contributed by atoms with van der Waals surface area (Å²) in [6.45, 7) is 5.32. The molecule has 0 saturated carbocycles. The zero-order valence-electron chi connectivity index (χ0n) is 17.7. The first-order valence-electron chi connectivity index (χ1n) is 9.72. The molecule has 1 unspecified atom stereocenters. The van der Waals surface area contributed by atoms with Gasteiger partial charge in [0.2, 0.25) is 0 Å². The van der Waals surface area contributed by atoms with Gasteiger partial charge >= 0.3 is 6.18 Å². The van der Waals surface area contributed by atoms with Crippen LogP contribution in [0.1, 0.15) is 47.4 Å². The molecule has 12 heteroatoms. The standard InChI is InChI=1S/C21H20ClF3IN5O2/c1-10(2)28-19(32)13-8-12(26)7-11(3)17(13)29-20(33)15-9-16(21(23,24)25)30-31(15)18-14(22)5-4-6-27-18/h4-10,20,29,33H,1-3H3,(H,28,32). The number of nitrogens with zero attached hydrogens (tertiary/aromatic N) is 3. The molecule has 1 atom stereocenters. The number of carbonyl (C=O) groups is 1. The number of hydrogen-bond donors (Lipinski definition) is 3. The Kier molecular flexibility index (Phi) is 7.54. The van der Waals surface area contributed by atoms with Gasteiger partial charge in [-0.3, -0.25) is 4.79 Å². The lowest BCUT2D eigenvalue weighted by Gasteiger charge is -2.21. The summed E-state index contributed by atoms with van der Waals surface area (Å²) in [6.07, 6.45) is -5.09. The zero-order valence-corrected chi connectivity index (χ0v) is 20.6. The van der Waals surface area contributed by atoms with Crippen LogP contribution in [0.2, 0.25) is 5.02 Å². The Morgan fingerprint density at radius 2 is 1.97 bits per heavy atom. The lowest BCUT2D eigenvalue weighted by molar-refractivity contribution is -0.141. The van der Waals surface area contributed by atoms with Crippen LogP contribution in [0.4, 0.5) is 18.9 Å². The predicted octanol–water partition coefficient (Wildman–Crippen LogP) is 5.09. The molecule has 0 saturated heterocycles. The molecule has 0 fully saturated rings. The van der Waals surface area contributed by atoms with Gasteiger partial charge in [-0.15, -0.1) is 0 Å². The normalized spacial score (nSPS) is 12.7. The number of anilines is 1. The summed E-state index contributed by atoms with van der Waals surface area (Å²) in [5.41, 5.74) is -0.347. The lowest BCUT2D eigenvalue weighted by Crippen LogP contribution is -2.31. The first kappa shape index (κ1) is 25.2. The Morgan fingerprint density at radius 3 is 2.58 bits per heavy atom. The molecule has 3 rings (SSSR count). The largest absolute Gasteiger partial charge is 0.435 e. The van der Waals surface area contributed by atoms with Crippen molar-refractivity contribution in [1.29, 1.82) is 0 Å². The van der Waals surface area contributed by atoms with Crippen LogP contribution in [-0.4, -0.2) is 31.8 Å². The zero-order chi connectivity index (χ0) is 24.5. The highest BCUT2D eigenvalue weighted by atomic mass is 127. The number of hydrogen-bond acceptors (Lipinski definition) is 5. The van der Waals surface area contributed by atoms with Crippen molar-refractivity contribution >= 4 is 45.8 Å². The molecule has 2 heterocycles. The maximum Gasteiger partial charge on any atom is 0.435 e. The van der Waals surface area contributed by atoms with Crippen molar-refractivity contribution in [2.45, 2.75) is 39.2 Å². The van der Waals surface area contributed by atoms with Crippen LogP contribution in [0.15, 0.2) is 36.5 Å². The van der Waals surface area contributed by atoms with Gasteiger partial charge in [-0.1, -0.05) is 11.6 Å². The number of amides is 1. The summed E-state index contributed by atoms with van der Waals surface area (Å²) >= 11 is 8.17. The molecular formula is C21H20ClF3IN5O2. The third-order valence-corrected chi connectivity index (χ3v) is 5.41. The molecule has 3 N–H and O–H groups in total. The van der Waals surface area contributed by atoms with Crippen LogP contribution in [0.3, 0.4) is 0 Å². The highest BCUT2D eigenvalue weighted by Gasteiger charge is 2.36. The minimum absolute atomic E-state index is 0.0465. The van der Waals surface area contributed by atoms with Crippen LogP contribution in [0.25, 0.3) is 5.82 Å². The predicted molar refractivity (Wildman–Crippen MR) is 126 cm³/mol. The summed E-state index contributed by atoms with van der Waals surface area (Å²) in [6, 6.07) is 6.92. The molecule has 1 amide bonds. The SMILES string of the molecule is Cc1cc(I)cc(C(=O)NC(C)C)c1NC(O)c1cc(C(F)(F)F)nn1-c1ncccc1Cl. The third-order valence-electron chi connectivity index (χ3n) is 4.49. The maximum absolute atomic E-state index is 13.4. The van der Waals surface area contributed by atoms with Gasteiger partial charge in [0, 0.05) is 15.8 Å². The number of aliphatic hydroxyl groups is 1. The molecule has 0 aliphatic heterocycles. The third kappa shape index (κ3) is 5.76. The molecule has 2 aromatic heterocycles. The number of rotatable bonds is 6. The van der Waals surface area contributed by atoms with Gasteiger partial charge in [0.25, 0.3) is 5.91 Å². The number of alkyl halides is 3. The molecular weight excluding hydrogens is 574 g/mol. The number of nitrogens with one attached hydrogen (secondary N) is 2. The highest BCUT2D eigenvalue weighted by molar-refractivity contribution is 14.1. The quantitative estimate of drug-likeness (QED) is 0.274. The van der Waals surface area contributed by atoms with E-state index in [0.29, 0.717) is 11.6 Å². The molecule has 0 radical (unpaired) electrons. The number of halogens is 5. The van der Waals surface area contributed by atoms with E-state index in [-0.39, 0.29) is 33.8 Å². The summed E-state index contributed by atoms with van der Waals surface area (Å²) in [5, 5.41) is 20.1. The topological polar surface area (TPSA) is 92.1 Å². The van der Waals surface area contributed by atoms with Gasteiger partial charge in [0.1, 0.15) is 0 Å². The van der Waals surface area contributed by atoms with Crippen molar-refractivity contribution in [2.24, 2.45) is 0 Å². The minimum atomic E-state index is -4.76. The molecule has 0 spiro atoms. The monoisotopic (exact) mass is 593 g/mol. The maximum atomic E-state index is 13.4. The molecule has 176 valence electrons. The Morgan fingerprint density at radius 1 is 1.27 bits per heavy atom. The van der Waals surface area contributed by atoms with Crippen molar-refractivity contribution in [3.63, 3.8) is 0 Å². The first-order valence-corrected chi connectivity index (χ1v) is 11.2. The van der Waals surface area contributed by atoms with Crippen LogP contribution >= 0.6 is 34.2 Å². The van der Waals surface area contributed by atoms with Crippen LogP contribution in [-0.2, 0) is 6.18 Å². The Bertz CT molecular complexity index is 1180. The molecule has 33 heavy (non-hydrogen) atoms. The second-order valence-corrected chi connectivity index (χ2v) is 9.15. The second kappa shape index (κ2) is 9.85. The van der Waals surface area contributed by atoms with E-state index in [4.69, 9.17) is 11.6 Å². The number of pyridine rings is 1. The highest BCUT2D eigenvalue weighted by Crippen LogP contribution is 2.34. The van der Waals surface area contributed by atoms with E-state index in [1.54, 1.807) is 32.9 Å².